The van der Waals surface area contributed by atoms with Crippen LogP contribution >= 0.6 is 0 Å². The molecule has 0 spiro atoms. The Morgan fingerprint density at radius 3 is 2.63 bits per heavy atom. The number of ether oxygens (including phenoxy) is 1. The Balaban J connectivity index is 2.48. The fraction of sp³-hybridized carbons (Fsp3) is 0.706. The van der Waals surface area contributed by atoms with Gasteiger partial charge in [-0.05, 0) is 38.7 Å². The molecule has 1 saturated heterocycles. The zero-order chi connectivity index (χ0) is 14.5. The molecular weight excluding hydrogens is 236 g/mol. The molecule has 2 heteroatoms. The summed E-state index contributed by atoms with van der Waals surface area (Å²) in [5, 5.41) is 0. The standard InChI is InChI=1S/C17H28O2/c1-6-8-13(2)9-7-10-14(3)15-11-16(18)17(4,5)12-19-15/h8,10,15H,6-7,9,11-12H2,1-5H3/b13-8+,14-10+. The van der Waals surface area contributed by atoms with Crippen molar-refractivity contribution in [3.05, 3.63) is 23.3 Å². The van der Waals surface area contributed by atoms with E-state index in [1.807, 2.05) is 13.8 Å². The predicted octanol–water partition coefficient (Wildman–Crippen LogP) is 4.45. The summed E-state index contributed by atoms with van der Waals surface area (Å²) < 4.78 is 5.83. The van der Waals surface area contributed by atoms with E-state index in [0.717, 1.165) is 19.3 Å². The first-order valence-corrected chi connectivity index (χ1v) is 7.34. The Morgan fingerprint density at radius 1 is 1.37 bits per heavy atom. The highest BCUT2D eigenvalue weighted by Crippen LogP contribution is 2.29. The van der Waals surface area contributed by atoms with Crippen molar-refractivity contribution in [3.8, 4) is 0 Å². The number of carbonyl (C=O) groups is 1. The maximum absolute atomic E-state index is 12.0. The maximum Gasteiger partial charge on any atom is 0.143 e. The topological polar surface area (TPSA) is 26.3 Å². The first-order valence-electron chi connectivity index (χ1n) is 7.34. The minimum absolute atomic E-state index is 0.00372. The van der Waals surface area contributed by atoms with Gasteiger partial charge in [-0.2, -0.15) is 0 Å². The summed E-state index contributed by atoms with van der Waals surface area (Å²) in [5.41, 5.74) is 2.33. The van der Waals surface area contributed by atoms with Crippen LogP contribution in [0.15, 0.2) is 23.3 Å². The number of Topliss-reactive ketones (excluding diaryl/α,β-unsaturated/α-hetero) is 1. The van der Waals surface area contributed by atoms with Gasteiger partial charge in [-0.15, -0.1) is 0 Å². The molecule has 0 aromatic heterocycles. The molecule has 0 saturated carbocycles. The van der Waals surface area contributed by atoms with Gasteiger partial charge in [-0.25, -0.2) is 0 Å². The van der Waals surface area contributed by atoms with Crippen molar-refractivity contribution in [2.45, 2.75) is 66.4 Å². The third kappa shape index (κ3) is 4.94. The van der Waals surface area contributed by atoms with Crippen molar-refractivity contribution >= 4 is 5.78 Å². The number of hydrogen-bond donors (Lipinski definition) is 0. The zero-order valence-electron chi connectivity index (χ0n) is 13.1. The highest BCUT2D eigenvalue weighted by atomic mass is 16.5. The average Bonchev–Trinajstić information content (AvgIpc) is 2.33. The Labute approximate surface area is 117 Å². The van der Waals surface area contributed by atoms with Crippen molar-refractivity contribution in [2.24, 2.45) is 5.41 Å². The van der Waals surface area contributed by atoms with E-state index in [9.17, 15) is 4.79 Å². The molecule has 2 nitrogen and oxygen atoms in total. The zero-order valence-corrected chi connectivity index (χ0v) is 13.1. The van der Waals surface area contributed by atoms with Gasteiger partial charge in [0.1, 0.15) is 5.78 Å². The van der Waals surface area contributed by atoms with E-state index in [1.54, 1.807) is 0 Å². The quantitative estimate of drug-likeness (QED) is 0.686. The second-order valence-electron chi connectivity index (χ2n) is 6.26. The number of allylic oxidation sites excluding steroid dienone is 3. The molecule has 1 aliphatic rings. The molecule has 0 radical (unpaired) electrons. The number of ketones is 1. The molecule has 19 heavy (non-hydrogen) atoms. The van der Waals surface area contributed by atoms with Crippen molar-refractivity contribution in [2.75, 3.05) is 6.61 Å². The Kier molecular flexibility index (Phi) is 5.99. The van der Waals surface area contributed by atoms with Crippen LogP contribution in [0.2, 0.25) is 0 Å². The van der Waals surface area contributed by atoms with Gasteiger partial charge >= 0.3 is 0 Å². The van der Waals surface area contributed by atoms with Crippen molar-refractivity contribution in [3.63, 3.8) is 0 Å². The van der Waals surface area contributed by atoms with Gasteiger partial charge in [-0.3, -0.25) is 4.79 Å². The molecule has 1 fully saturated rings. The van der Waals surface area contributed by atoms with Gasteiger partial charge in [0.25, 0.3) is 0 Å². The van der Waals surface area contributed by atoms with E-state index in [0.29, 0.717) is 18.8 Å². The molecule has 0 amide bonds. The highest BCUT2D eigenvalue weighted by Gasteiger charge is 2.35. The number of rotatable bonds is 5. The number of carbonyl (C=O) groups excluding carboxylic acids is 1. The van der Waals surface area contributed by atoms with Gasteiger partial charge < -0.3 is 4.74 Å². The molecule has 1 unspecified atom stereocenters. The smallest absolute Gasteiger partial charge is 0.143 e. The largest absolute Gasteiger partial charge is 0.372 e. The Hall–Kier alpha value is -0.890. The molecule has 0 bridgehead atoms. The van der Waals surface area contributed by atoms with Gasteiger partial charge in [0.15, 0.2) is 0 Å². The van der Waals surface area contributed by atoms with E-state index in [-0.39, 0.29) is 11.5 Å². The van der Waals surface area contributed by atoms with Crippen molar-refractivity contribution in [1.82, 2.24) is 0 Å². The monoisotopic (exact) mass is 264 g/mol. The summed E-state index contributed by atoms with van der Waals surface area (Å²) in [6.07, 6.45) is 8.25. The molecule has 0 aliphatic carbocycles. The van der Waals surface area contributed by atoms with E-state index in [4.69, 9.17) is 4.74 Å². The second-order valence-corrected chi connectivity index (χ2v) is 6.26. The lowest BCUT2D eigenvalue weighted by Crippen LogP contribution is -2.40. The molecule has 108 valence electrons. The predicted molar refractivity (Wildman–Crippen MR) is 80.2 cm³/mol. The van der Waals surface area contributed by atoms with E-state index >= 15 is 0 Å². The molecule has 1 rings (SSSR count). The minimum atomic E-state index is -0.308. The minimum Gasteiger partial charge on any atom is -0.372 e. The van der Waals surface area contributed by atoms with Crippen LogP contribution in [-0.2, 0) is 9.53 Å². The van der Waals surface area contributed by atoms with Crippen LogP contribution in [0, 0.1) is 5.41 Å². The number of hydrogen-bond acceptors (Lipinski definition) is 2. The van der Waals surface area contributed by atoms with Crippen LogP contribution < -0.4 is 0 Å². The van der Waals surface area contributed by atoms with Gasteiger partial charge in [0.2, 0.25) is 0 Å². The first kappa shape index (κ1) is 16.2. The molecule has 0 aromatic carbocycles. The van der Waals surface area contributed by atoms with Crippen LogP contribution in [-0.4, -0.2) is 18.5 Å². The summed E-state index contributed by atoms with van der Waals surface area (Å²) in [4.78, 5) is 12.0. The first-order chi connectivity index (χ1) is 8.86. The van der Waals surface area contributed by atoms with Crippen LogP contribution in [0.4, 0.5) is 0 Å². The molecule has 0 aromatic rings. The van der Waals surface area contributed by atoms with Gasteiger partial charge in [0.05, 0.1) is 12.7 Å². The molecule has 1 atom stereocenters. The normalized spacial score (nSPS) is 24.7. The maximum atomic E-state index is 12.0. The molecular formula is C17H28O2. The fourth-order valence-electron chi connectivity index (χ4n) is 2.29. The summed E-state index contributed by atoms with van der Waals surface area (Å²) in [7, 11) is 0. The second kappa shape index (κ2) is 7.04. The lowest BCUT2D eigenvalue weighted by Gasteiger charge is -2.33. The summed E-state index contributed by atoms with van der Waals surface area (Å²) >= 11 is 0. The van der Waals surface area contributed by atoms with Crippen LogP contribution in [0.3, 0.4) is 0 Å². The lowest BCUT2D eigenvalue weighted by molar-refractivity contribution is -0.141. The van der Waals surface area contributed by atoms with Gasteiger partial charge in [-0.1, -0.05) is 38.5 Å². The van der Waals surface area contributed by atoms with E-state index < -0.39 is 0 Å². The summed E-state index contributed by atoms with van der Waals surface area (Å²) in [6, 6.07) is 0. The third-order valence-electron chi connectivity index (χ3n) is 3.84. The Morgan fingerprint density at radius 2 is 2.05 bits per heavy atom. The van der Waals surface area contributed by atoms with Crippen LogP contribution in [0.1, 0.15) is 60.3 Å². The molecule has 0 N–H and O–H groups in total. The lowest BCUT2D eigenvalue weighted by atomic mass is 9.82. The fourth-order valence-corrected chi connectivity index (χ4v) is 2.29. The van der Waals surface area contributed by atoms with Crippen molar-refractivity contribution in [1.29, 1.82) is 0 Å². The average molecular weight is 264 g/mol. The van der Waals surface area contributed by atoms with Crippen molar-refractivity contribution < 1.29 is 9.53 Å². The van der Waals surface area contributed by atoms with Gasteiger partial charge in [0, 0.05) is 11.8 Å². The van der Waals surface area contributed by atoms with Crippen LogP contribution in [0.5, 0.6) is 0 Å². The third-order valence-corrected chi connectivity index (χ3v) is 3.84. The van der Waals surface area contributed by atoms with Crippen LogP contribution in [0.25, 0.3) is 0 Å². The summed E-state index contributed by atoms with van der Waals surface area (Å²) in [5.74, 6) is 0.318. The highest BCUT2D eigenvalue weighted by molar-refractivity contribution is 5.85. The summed E-state index contributed by atoms with van der Waals surface area (Å²) in [6.45, 7) is 10.9. The van der Waals surface area contributed by atoms with E-state index in [1.165, 1.54) is 11.1 Å². The molecule has 1 aliphatic heterocycles. The molecule has 1 heterocycles. The van der Waals surface area contributed by atoms with E-state index in [2.05, 4.69) is 32.9 Å². The Bertz CT molecular complexity index is 375. The SMILES string of the molecule is CC/C=C(\C)CC/C=C(\C)C1CC(=O)C(C)(C)CO1.